The molecule has 1 aliphatic rings. The number of aliphatic hydroxyl groups is 3. The van der Waals surface area contributed by atoms with E-state index in [2.05, 4.69) is 9.97 Å². The molecule has 0 bridgehead atoms. The first-order valence-corrected chi connectivity index (χ1v) is 12.6. The van der Waals surface area contributed by atoms with Crippen molar-refractivity contribution in [1.29, 1.82) is 0 Å². The lowest BCUT2D eigenvalue weighted by atomic mass is 9.87. The molecule has 1 fully saturated rings. The van der Waals surface area contributed by atoms with Crippen LogP contribution in [0, 0.1) is 0 Å². The molecule has 33 heavy (non-hydrogen) atoms. The number of aromatic nitrogens is 3. The highest BCUT2D eigenvalue weighted by Gasteiger charge is 2.58. The number of anilines is 1. The van der Waals surface area contributed by atoms with Gasteiger partial charge in [0.1, 0.15) is 23.9 Å². The molecule has 3 rings (SSSR count). The second kappa shape index (κ2) is 9.10. The molecule has 2 aromatic rings. The zero-order chi connectivity index (χ0) is 24.8. The van der Waals surface area contributed by atoms with Crippen molar-refractivity contribution in [3.63, 3.8) is 0 Å². The number of aliphatic hydroxyl groups excluding tert-OH is 2. The summed E-state index contributed by atoms with van der Waals surface area (Å²) in [6, 6.07) is 1.48. The van der Waals surface area contributed by atoms with E-state index in [1.54, 1.807) is 27.7 Å². The molecule has 0 saturated carbocycles. The predicted octanol–water partition coefficient (Wildman–Crippen LogP) is 1.20. The smallest absolute Gasteiger partial charge is 0.359 e. The van der Waals surface area contributed by atoms with Crippen LogP contribution in [-0.2, 0) is 13.8 Å². The summed E-state index contributed by atoms with van der Waals surface area (Å²) in [5.74, 6) is -0.128. The minimum Gasteiger partial charge on any atom is -0.387 e. The topological polar surface area (TPSA) is 193 Å². The summed E-state index contributed by atoms with van der Waals surface area (Å²) < 4.78 is 26.3. The molecule has 0 radical (unpaired) electrons. The maximum Gasteiger partial charge on any atom is 0.359 e. The van der Waals surface area contributed by atoms with Gasteiger partial charge in [0.25, 0.3) is 5.56 Å². The highest BCUT2D eigenvalue weighted by molar-refractivity contribution is 7.54. The van der Waals surface area contributed by atoms with E-state index in [0.29, 0.717) is 0 Å². The van der Waals surface area contributed by atoms with Crippen LogP contribution in [0.3, 0.4) is 0 Å². The van der Waals surface area contributed by atoms with Gasteiger partial charge in [-0.2, -0.15) is 4.98 Å². The Hall–Kier alpha value is -1.79. The number of ether oxygens (including phenoxy) is 1. The summed E-state index contributed by atoms with van der Waals surface area (Å²) in [5.41, 5.74) is 3.83. The number of hydrogen-bond acceptors (Lipinski definition) is 9. The van der Waals surface area contributed by atoms with Gasteiger partial charge in [0.2, 0.25) is 5.95 Å². The molecule has 2 aromatic heterocycles. The fourth-order valence-electron chi connectivity index (χ4n) is 4.40. The van der Waals surface area contributed by atoms with Crippen LogP contribution in [0.25, 0.3) is 11.0 Å². The van der Waals surface area contributed by atoms with Crippen LogP contribution in [0.1, 0.15) is 59.6 Å². The molecule has 3 heterocycles. The molecular weight excluding hydrogens is 455 g/mol. The molecular formula is C20H33N4O8P. The number of nitrogen functional groups attached to an aromatic ring is 1. The number of nitrogens with zero attached hydrogens (tertiary/aromatic N) is 2. The number of rotatable bonds is 9. The minimum atomic E-state index is -4.60. The maximum atomic E-state index is 13.2. The lowest BCUT2D eigenvalue weighted by Gasteiger charge is -2.42. The Morgan fingerprint density at radius 1 is 1.21 bits per heavy atom. The largest absolute Gasteiger partial charge is 0.387 e. The highest BCUT2D eigenvalue weighted by Crippen LogP contribution is 2.61. The Morgan fingerprint density at radius 3 is 2.36 bits per heavy atom. The van der Waals surface area contributed by atoms with E-state index in [9.17, 15) is 29.6 Å². The van der Waals surface area contributed by atoms with E-state index in [0.717, 1.165) is 0 Å². The van der Waals surface area contributed by atoms with Gasteiger partial charge in [-0.1, -0.05) is 27.7 Å². The van der Waals surface area contributed by atoms with Gasteiger partial charge in [0.05, 0.1) is 5.39 Å². The first-order valence-electron chi connectivity index (χ1n) is 11.0. The van der Waals surface area contributed by atoms with Crippen molar-refractivity contribution < 1.29 is 34.0 Å². The molecule has 13 heteroatoms. The Morgan fingerprint density at radius 2 is 1.82 bits per heavy atom. The van der Waals surface area contributed by atoms with Crippen molar-refractivity contribution in [2.45, 2.75) is 88.9 Å². The second-order valence-corrected chi connectivity index (χ2v) is 10.5. The van der Waals surface area contributed by atoms with Crippen molar-refractivity contribution in [1.82, 2.24) is 14.5 Å². The first kappa shape index (κ1) is 25.8. The van der Waals surface area contributed by atoms with Gasteiger partial charge < -0.3 is 35.3 Å². The number of H-pyrrole nitrogens is 1. The summed E-state index contributed by atoms with van der Waals surface area (Å²) in [5, 5.41) is 30.7. The summed E-state index contributed by atoms with van der Waals surface area (Å²) in [4.78, 5) is 29.4. The number of fused-ring (bicyclic) bond motifs is 1. The standard InChI is InChI=1S/C20H33N4O8P/c1-5-19(6-2,32-33(29,30)20(28,7-3)8-4)14-12(25)13(26)17(31-14)24-10-9-11-15(24)22-18(21)23-16(11)27/h9-10,12-14,17,25-26,28H,5-8H2,1-4H3,(H,29,30)(H3,21,22,23,27)/t12-,13+,14-,17+/m0/s1. The minimum absolute atomic E-state index is 0.0168. The number of hydrogen-bond donors (Lipinski definition) is 6. The average molecular weight is 488 g/mol. The molecule has 0 aromatic carbocycles. The molecule has 7 N–H and O–H groups in total. The lowest BCUT2D eigenvalue weighted by molar-refractivity contribution is -0.137. The maximum absolute atomic E-state index is 13.2. The third kappa shape index (κ3) is 4.14. The van der Waals surface area contributed by atoms with Crippen LogP contribution >= 0.6 is 7.60 Å². The van der Waals surface area contributed by atoms with E-state index in [-0.39, 0.29) is 42.7 Å². The van der Waals surface area contributed by atoms with Crippen LogP contribution in [0.5, 0.6) is 0 Å². The van der Waals surface area contributed by atoms with Gasteiger partial charge in [-0.15, -0.1) is 0 Å². The Kier molecular flexibility index (Phi) is 7.12. The monoisotopic (exact) mass is 488 g/mol. The van der Waals surface area contributed by atoms with Crippen molar-refractivity contribution in [2.24, 2.45) is 0 Å². The second-order valence-electron chi connectivity index (χ2n) is 8.41. The molecule has 0 spiro atoms. The van der Waals surface area contributed by atoms with Gasteiger partial charge in [0, 0.05) is 6.20 Å². The summed E-state index contributed by atoms with van der Waals surface area (Å²) >= 11 is 0. The third-order valence-corrected chi connectivity index (χ3v) is 9.09. The van der Waals surface area contributed by atoms with Crippen LogP contribution in [-0.4, -0.2) is 64.0 Å². The van der Waals surface area contributed by atoms with E-state index in [1.165, 1.54) is 16.8 Å². The highest BCUT2D eigenvalue weighted by atomic mass is 31.2. The van der Waals surface area contributed by atoms with Crippen molar-refractivity contribution in [3.05, 3.63) is 22.6 Å². The van der Waals surface area contributed by atoms with Gasteiger partial charge in [0.15, 0.2) is 17.2 Å². The molecule has 1 aliphatic heterocycles. The molecule has 186 valence electrons. The third-order valence-electron chi connectivity index (χ3n) is 6.79. The molecule has 1 saturated heterocycles. The Bertz CT molecular complexity index is 1090. The van der Waals surface area contributed by atoms with Crippen LogP contribution in [0.4, 0.5) is 5.95 Å². The molecule has 5 atom stereocenters. The lowest BCUT2D eigenvalue weighted by Crippen LogP contribution is -2.51. The molecule has 1 unspecified atom stereocenters. The molecule has 12 nitrogen and oxygen atoms in total. The van der Waals surface area contributed by atoms with Crippen molar-refractivity contribution >= 4 is 24.6 Å². The number of nitrogens with one attached hydrogen (secondary N) is 1. The number of aromatic amines is 1. The SMILES string of the molecule is CCC(CC)(OP(=O)(O)C(O)(CC)CC)[C@H]1O[C@@H](n2ccc3c(=O)[nH]c(N)nc32)[C@H](O)[C@@H]1O. The fraction of sp³-hybridized carbons (Fsp3) is 0.700. The first-order chi connectivity index (χ1) is 15.4. The van der Waals surface area contributed by atoms with Crippen molar-refractivity contribution in [3.8, 4) is 0 Å². The predicted molar refractivity (Wildman–Crippen MR) is 120 cm³/mol. The van der Waals surface area contributed by atoms with Gasteiger partial charge in [-0.05, 0) is 31.7 Å². The summed E-state index contributed by atoms with van der Waals surface area (Å²) in [7, 11) is -4.60. The summed E-state index contributed by atoms with van der Waals surface area (Å²) in [6.45, 7) is 6.55. The number of nitrogens with two attached hydrogens (primary N) is 1. The van der Waals surface area contributed by atoms with E-state index >= 15 is 0 Å². The van der Waals surface area contributed by atoms with E-state index < -0.39 is 48.6 Å². The van der Waals surface area contributed by atoms with E-state index in [4.69, 9.17) is 15.0 Å². The van der Waals surface area contributed by atoms with E-state index in [1.807, 2.05) is 0 Å². The molecule has 0 aliphatic carbocycles. The Labute approximate surface area is 190 Å². The van der Waals surface area contributed by atoms with Crippen LogP contribution in [0.2, 0.25) is 0 Å². The Balaban J connectivity index is 2.02. The zero-order valence-corrected chi connectivity index (χ0v) is 20.0. The molecule has 0 amide bonds. The van der Waals surface area contributed by atoms with Gasteiger partial charge in [-0.3, -0.25) is 18.9 Å². The quantitative estimate of drug-likeness (QED) is 0.279. The zero-order valence-electron chi connectivity index (χ0n) is 19.1. The van der Waals surface area contributed by atoms with Crippen molar-refractivity contribution in [2.75, 3.05) is 5.73 Å². The normalized spacial score (nSPS) is 26.1. The average Bonchev–Trinajstić information content (AvgIpc) is 3.32. The summed E-state index contributed by atoms with van der Waals surface area (Å²) in [6.07, 6.45) is -3.62. The fourth-order valence-corrected chi connectivity index (χ4v) is 6.23. The van der Waals surface area contributed by atoms with Crippen LogP contribution < -0.4 is 11.3 Å². The van der Waals surface area contributed by atoms with Gasteiger partial charge in [-0.25, -0.2) is 0 Å². The van der Waals surface area contributed by atoms with Gasteiger partial charge >= 0.3 is 7.60 Å². The van der Waals surface area contributed by atoms with Crippen LogP contribution in [0.15, 0.2) is 17.1 Å².